The first-order valence-corrected chi connectivity index (χ1v) is 14.2. The lowest BCUT2D eigenvalue weighted by molar-refractivity contribution is 0.0985. The molecule has 8 nitrogen and oxygen atoms in total. The first-order chi connectivity index (χ1) is 18.8. The van der Waals surface area contributed by atoms with Crippen molar-refractivity contribution in [3.63, 3.8) is 0 Å². The van der Waals surface area contributed by atoms with Gasteiger partial charge in [0.15, 0.2) is 0 Å². The molecule has 0 spiro atoms. The second kappa shape index (κ2) is 13.1. The van der Waals surface area contributed by atoms with Crippen molar-refractivity contribution in [3.05, 3.63) is 93.5 Å². The molecule has 1 aliphatic rings. The molecule has 0 aliphatic carbocycles. The second-order valence-corrected chi connectivity index (χ2v) is 10.7. The van der Waals surface area contributed by atoms with Gasteiger partial charge in [-0.2, -0.15) is 5.26 Å². The van der Waals surface area contributed by atoms with E-state index in [9.17, 15) is 14.2 Å². The number of hydrogen-bond acceptors (Lipinski definition) is 6. The molecule has 0 aromatic heterocycles. The Bertz CT molecular complexity index is 1460. The summed E-state index contributed by atoms with van der Waals surface area (Å²) in [6.45, 7) is 4.15. The molecular formula is C29H29ClN3O5P. The highest BCUT2D eigenvalue weighted by Crippen LogP contribution is 2.43. The zero-order valence-electron chi connectivity index (χ0n) is 21.7. The number of halogens is 1. The first kappa shape index (κ1) is 28.5. The molecule has 0 saturated carbocycles. The van der Waals surface area contributed by atoms with E-state index in [1.54, 1.807) is 47.4 Å². The van der Waals surface area contributed by atoms with Crippen LogP contribution in [0.4, 0.5) is 11.4 Å². The lowest BCUT2D eigenvalue weighted by Crippen LogP contribution is -2.32. The number of rotatable bonds is 8. The molecule has 0 radical (unpaired) electrons. The van der Waals surface area contributed by atoms with Crippen LogP contribution in [0, 0.1) is 25.2 Å². The van der Waals surface area contributed by atoms with E-state index in [0.717, 1.165) is 5.56 Å². The highest BCUT2D eigenvalue weighted by atomic mass is 35.5. The maximum atomic E-state index is 13.8. The van der Waals surface area contributed by atoms with Crippen LogP contribution < -0.4 is 10.2 Å². The summed E-state index contributed by atoms with van der Waals surface area (Å²) in [4.78, 5) is 28.2. The number of hydrogen-bond donors (Lipinski definition) is 1. The van der Waals surface area contributed by atoms with Gasteiger partial charge >= 0.3 is 8.25 Å². The minimum atomic E-state index is -2.85. The van der Waals surface area contributed by atoms with Crippen LogP contribution in [0.15, 0.2) is 60.7 Å². The molecule has 4 rings (SSSR count). The van der Waals surface area contributed by atoms with Crippen molar-refractivity contribution in [3.8, 4) is 6.07 Å². The first-order valence-electron chi connectivity index (χ1n) is 12.6. The molecule has 1 N–H and O–H groups in total. The smallest absolute Gasteiger partial charge is 0.319 e. The Hall–Kier alpha value is -3.47. The number of aryl methyl sites for hydroxylation is 2. The van der Waals surface area contributed by atoms with Crippen molar-refractivity contribution in [2.45, 2.75) is 39.2 Å². The van der Waals surface area contributed by atoms with E-state index in [4.69, 9.17) is 25.9 Å². The third kappa shape index (κ3) is 6.95. The minimum Gasteiger partial charge on any atom is -0.322 e. The van der Waals surface area contributed by atoms with Crippen molar-refractivity contribution in [2.24, 2.45) is 0 Å². The number of carbonyl (C=O) groups is 2. The van der Waals surface area contributed by atoms with Crippen LogP contribution in [-0.2, 0) is 13.6 Å². The van der Waals surface area contributed by atoms with Gasteiger partial charge in [0.1, 0.15) is 0 Å². The average Bonchev–Trinajstić information content (AvgIpc) is 3.08. The lowest BCUT2D eigenvalue weighted by Gasteiger charge is -2.25. The molecule has 39 heavy (non-hydrogen) atoms. The van der Waals surface area contributed by atoms with Crippen molar-refractivity contribution >= 4 is 43.0 Å². The summed E-state index contributed by atoms with van der Waals surface area (Å²) in [5.74, 6) is -0.418. The van der Waals surface area contributed by atoms with Gasteiger partial charge in [-0.05, 0) is 80.3 Å². The summed E-state index contributed by atoms with van der Waals surface area (Å²) >= 11 is 6.29. The molecule has 2 atom stereocenters. The quantitative estimate of drug-likeness (QED) is 0.232. The molecule has 202 valence electrons. The SMILES string of the molecule is Cc1ccccc1C(=O)Nc1ccc(C(=O)N2CCCC(O[PH](=O)OCCC#N)c3cc(Cl)ccc32)c(C)c1. The van der Waals surface area contributed by atoms with Gasteiger partial charge in [0, 0.05) is 39.6 Å². The molecule has 0 saturated heterocycles. The van der Waals surface area contributed by atoms with Crippen LogP contribution in [0.1, 0.15) is 62.8 Å². The van der Waals surface area contributed by atoms with Gasteiger partial charge in [0.25, 0.3) is 11.8 Å². The number of fused-ring (bicyclic) bond motifs is 1. The van der Waals surface area contributed by atoms with Gasteiger partial charge in [0.2, 0.25) is 0 Å². The number of amides is 2. The highest BCUT2D eigenvalue weighted by molar-refractivity contribution is 7.33. The standard InChI is InChI=1S/C29H29ClN3O5P/c1-19-7-3-4-8-23(19)28(34)32-22-11-12-24(20(2)17-22)29(35)33-15-5-9-27(38-39(36)37-16-6-14-31)25-18-21(30)10-13-26(25)33/h3-4,7-8,10-13,17-18,27,39H,5-6,9,15-16H2,1-2H3,(H,32,34). The maximum absolute atomic E-state index is 13.8. The summed E-state index contributed by atoms with van der Waals surface area (Å²) in [7, 11) is -2.85. The maximum Gasteiger partial charge on any atom is 0.319 e. The van der Waals surface area contributed by atoms with Crippen molar-refractivity contribution in [2.75, 3.05) is 23.4 Å². The van der Waals surface area contributed by atoms with E-state index in [2.05, 4.69) is 5.32 Å². The van der Waals surface area contributed by atoms with Gasteiger partial charge < -0.3 is 19.3 Å². The van der Waals surface area contributed by atoms with Gasteiger partial charge in [-0.15, -0.1) is 0 Å². The van der Waals surface area contributed by atoms with Gasteiger partial charge in [-0.3, -0.25) is 14.2 Å². The van der Waals surface area contributed by atoms with Crippen molar-refractivity contribution in [1.29, 1.82) is 5.26 Å². The normalized spacial score (nSPS) is 15.5. The summed E-state index contributed by atoms with van der Waals surface area (Å²) in [5, 5.41) is 12.0. The van der Waals surface area contributed by atoms with Gasteiger partial charge in [0.05, 0.1) is 25.2 Å². The fraction of sp³-hybridized carbons (Fsp3) is 0.276. The molecule has 10 heteroatoms. The number of carbonyl (C=O) groups excluding carboxylic acids is 2. The Morgan fingerprint density at radius 1 is 1.10 bits per heavy atom. The third-order valence-corrected chi connectivity index (χ3v) is 7.65. The van der Waals surface area contributed by atoms with Crippen LogP contribution in [0.2, 0.25) is 5.02 Å². The van der Waals surface area contributed by atoms with Gasteiger partial charge in [-0.1, -0.05) is 29.8 Å². The monoisotopic (exact) mass is 565 g/mol. The van der Waals surface area contributed by atoms with E-state index in [1.165, 1.54) is 0 Å². The van der Waals surface area contributed by atoms with E-state index < -0.39 is 14.4 Å². The van der Waals surface area contributed by atoms with Crippen LogP contribution >= 0.6 is 19.9 Å². The zero-order valence-corrected chi connectivity index (χ0v) is 23.5. The Morgan fingerprint density at radius 3 is 2.64 bits per heavy atom. The zero-order chi connectivity index (χ0) is 27.9. The number of nitriles is 1. The summed E-state index contributed by atoms with van der Waals surface area (Å²) in [5.41, 5.74) is 4.54. The van der Waals surface area contributed by atoms with Crippen molar-refractivity contribution in [1.82, 2.24) is 0 Å². The van der Waals surface area contributed by atoms with Crippen LogP contribution in [0.3, 0.4) is 0 Å². The van der Waals surface area contributed by atoms with E-state index in [1.807, 2.05) is 38.1 Å². The summed E-state index contributed by atoms with van der Waals surface area (Å²) in [6.07, 6.45) is 0.644. The Kier molecular flexibility index (Phi) is 9.55. The molecule has 3 aromatic carbocycles. The largest absolute Gasteiger partial charge is 0.322 e. The van der Waals surface area contributed by atoms with Crippen LogP contribution in [0.25, 0.3) is 0 Å². The number of anilines is 2. The molecule has 0 bridgehead atoms. The fourth-order valence-corrected chi connectivity index (χ4v) is 5.55. The predicted octanol–water partition coefficient (Wildman–Crippen LogP) is 7.03. The number of nitrogens with zero attached hydrogens (tertiary/aromatic N) is 2. The average molecular weight is 566 g/mol. The Morgan fingerprint density at radius 2 is 1.90 bits per heavy atom. The molecule has 2 amide bonds. The Labute approximate surface area is 233 Å². The minimum absolute atomic E-state index is 0.0225. The molecule has 3 aromatic rings. The lowest BCUT2D eigenvalue weighted by atomic mass is 10.0. The Balaban J connectivity index is 1.55. The van der Waals surface area contributed by atoms with E-state index >= 15 is 0 Å². The van der Waals surface area contributed by atoms with Crippen LogP contribution in [-0.4, -0.2) is 25.0 Å². The fourth-order valence-electron chi connectivity index (χ4n) is 4.56. The molecule has 0 fully saturated rings. The number of benzene rings is 3. The molecule has 2 unspecified atom stereocenters. The molecule has 1 aliphatic heterocycles. The second-order valence-electron chi connectivity index (χ2n) is 9.21. The van der Waals surface area contributed by atoms with E-state index in [0.29, 0.717) is 58.0 Å². The summed E-state index contributed by atoms with van der Waals surface area (Å²) < 4.78 is 23.3. The van der Waals surface area contributed by atoms with Gasteiger partial charge in [-0.25, -0.2) is 0 Å². The molecular weight excluding hydrogens is 537 g/mol. The predicted molar refractivity (Wildman–Crippen MR) is 152 cm³/mol. The topological polar surface area (TPSA) is 109 Å². The van der Waals surface area contributed by atoms with E-state index in [-0.39, 0.29) is 24.8 Å². The third-order valence-electron chi connectivity index (χ3n) is 6.50. The number of nitrogens with one attached hydrogen (secondary N) is 1. The molecule has 1 heterocycles. The van der Waals surface area contributed by atoms with Crippen molar-refractivity contribution < 1.29 is 23.2 Å². The highest BCUT2D eigenvalue weighted by Gasteiger charge is 2.30. The van der Waals surface area contributed by atoms with Crippen LogP contribution in [0.5, 0.6) is 0 Å². The summed E-state index contributed by atoms with van der Waals surface area (Å²) in [6, 6.07) is 19.7.